The van der Waals surface area contributed by atoms with Crippen LogP contribution in [0.25, 0.3) is 0 Å². The van der Waals surface area contributed by atoms with E-state index in [0.29, 0.717) is 36.7 Å². The van der Waals surface area contributed by atoms with Gasteiger partial charge < -0.3 is 20.4 Å². The SMILES string of the molecule is CN[C@H]1CCCC[C@@H]1N(C)c1ccc(Nc2cc(N3CC[C@@](C#N)(C4CC4)C3=O)ccn2)nc1. The van der Waals surface area contributed by atoms with Crippen LogP contribution in [0.4, 0.5) is 23.0 Å². The molecular weight excluding hydrogens is 426 g/mol. The van der Waals surface area contributed by atoms with Crippen LogP contribution in [-0.2, 0) is 4.79 Å². The minimum atomic E-state index is -0.842. The molecule has 0 bridgehead atoms. The Morgan fingerprint density at radius 3 is 2.68 bits per heavy atom. The van der Waals surface area contributed by atoms with Gasteiger partial charge in [0.05, 0.1) is 18.0 Å². The van der Waals surface area contributed by atoms with Crippen LogP contribution in [0.1, 0.15) is 44.9 Å². The molecule has 8 heteroatoms. The van der Waals surface area contributed by atoms with E-state index in [9.17, 15) is 10.1 Å². The van der Waals surface area contributed by atoms with Gasteiger partial charge >= 0.3 is 0 Å². The lowest BCUT2D eigenvalue weighted by Crippen LogP contribution is -2.49. The van der Waals surface area contributed by atoms with Gasteiger partial charge in [-0.2, -0.15) is 5.26 Å². The summed E-state index contributed by atoms with van der Waals surface area (Å²) in [5, 5.41) is 16.5. The molecule has 2 aliphatic carbocycles. The Morgan fingerprint density at radius 1 is 1.15 bits per heavy atom. The van der Waals surface area contributed by atoms with E-state index < -0.39 is 5.41 Å². The predicted molar refractivity (Wildman–Crippen MR) is 133 cm³/mol. The molecule has 2 aromatic rings. The first-order chi connectivity index (χ1) is 16.6. The zero-order valence-corrected chi connectivity index (χ0v) is 20.0. The third-order valence-electron chi connectivity index (χ3n) is 7.89. The highest BCUT2D eigenvalue weighted by atomic mass is 16.2. The Hall–Kier alpha value is -3.18. The van der Waals surface area contributed by atoms with Crippen molar-refractivity contribution in [3.63, 3.8) is 0 Å². The van der Waals surface area contributed by atoms with Crippen molar-refractivity contribution in [1.29, 1.82) is 5.26 Å². The van der Waals surface area contributed by atoms with E-state index in [4.69, 9.17) is 0 Å². The lowest BCUT2D eigenvalue weighted by Gasteiger charge is -2.39. The summed E-state index contributed by atoms with van der Waals surface area (Å²) < 4.78 is 0. The number of nitrogens with one attached hydrogen (secondary N) is 2. The Morgan fingerprint density at radius 2 is 1.97 bits per heavy atom. The van der Waals surface area contributed by atoms with Crippen molar-refractivity contribution in [3.05, 3.63) is 36.7 Å². The molecule has 5 rings (SSSR count). The summed E-state index contributed by atoms with van der Waals surface area (Å²) in [5.41, 5.74) is 1.02. The van der Waals surface area contributed by atoms with Crippen LogP contribution < -0.4 is 20.4 Å². The van der Waals surface area contributed by atoms with Gasteiger partial charge in [-0.15, -0.1) is 0 Å². The fourth-order valence-electron chi connectivity index (χ4n) is 5.69. The monoisotopic (exact) mass is 459 g/mol. The Labute approximate surface area is 201 Å². The lowest BCUT2D eigenvalue weighted by atomic mass is 9.83. The average molecular weight is 460 g/mol. The summed E-state index contributed by atoms with van der Waals surface area (Å²) in [4.78, 5) is 26.2. The largest absolute Gasteiger partial charge is 0.369 e. The molecule has 2 aromatic heterocycles. The zero-order valence-electron chi connectivity index (χ0n) is 20.0. The van der Waals surface area contributed by atoms with Gasteiger partial charge in [-0.25, -0.2) is 9.97 Å². The van der Waals surface area contributed by atoms with E-state index in [2.05, 4.69) is 44.7 Å². The number of carbonyl (C=O) groups excluding carboxylic acids is 1. The average Bonchev–Trinajstić information content (AvgIpc) is 3.68. The van der Waals surface area contributed by atoms with Gasteiger partial charge in [0.2, 0.25) is 5.91 Å². The number of carbonyl (C=O) groups is 1. The topological polar surface area (TPSA) is 97.2 Å². The Kier molecular flexibility index (Phi) is 6.13. The van der Waals surface area contributed by atoms with Crippen molar-refractivity contribution in [2.45, 2.75) is 57.0 Å². The highest BCUT2D eigenvalue weighted by Gasteiger charge is 2.56. The molecule has 3 atom stereocenters. The van der Waals surface area contributed by atoms with Crippen molar-refractivity contribution in [1.82, 2.24) is 15.3 Å². The molecule has 1 aliphatic heterocycles. The number of anilines is 4. The number of rotatable bonds is 7. The maximum atomic E-state index is 13.1. The van der Waals surface area contributed by atoms with Crippen LogP contribution in [0, 0.1) is 22.7 Å². The van der Waals surface area contributed by atoms with Crippen molar-refractivity contribution in [2.75, 3.05) is 35.8 Å². The summed E-state index contributed by atoms with van der Waals surface area (Å²) in [5.74, 6) is 1.48. The number of nitriles is 1. The summed E-state index contributed by atoms with van der Waals surface area (Å²) in [7, 11) is 4.19. The minimum absolute atomic E-state index is 0.0669. The summed E-state index contributed by atoms with van der Waals surface area (Å²) >= 11 is 0. The molecular formula is C26H33N7O. The molecule has 1 saturated heterocycles. The first kappa shape index (κ1) is 22.6. The molecule has 0 spiro atoms. The minimum Gasteiger partial charge on any atom is -0.369 e. The first-order valence-corrected chi connectivity index (χ1v) is 12.4. The number of aromatic nitrogens is 2. The van der Waals surface area contributed by atoms with E-state index in [0.717, 1.165) is 24.2 Å². The number of likely N-dealkylation sites (N-methyl/N-ethyl adjacent to an activating group) is 2. The summed E-state index contributed by atoms with van der Waals surface area (Å²) in [6.45, 7) is 0.570. The van der Waals surface area contributed by atoms with Gasteiger partial charge in [0, 0.05) is 43.6 Å². The van der Waals surface area contributed by atoms with Gasteiger partial charge in [0.15, 0.2) is 0 Å². The van der Waals surface area contributed by atoms with E-state index >= 15 is 0 Å². The second-order valence-corrected chi connectivity index (χ2v) is 9.85. The molecule has 1 amide bonds. The van der Waals surface area contributed by atoms with E-state index in [-0.39, 0.29) is 11.8 Å². The highest BCUT2D eigenvalue weighted by Crippen LogP contribution is 2.51. The van der Waals surface area contributed by atoms with Crippen molar-refractivity contribution in [2.24, 2.45) is 11.3 Å². The molecule has 3 aliphatic rings. The molecule has 34 heavy (non-hydrogen) atoms. The standard InChI is InChI=1S/C26H33N7O/c1-28-21-5-3-4-6-22(21)32(2)20-9-10-23(30-16-20)31-24-15-19(11-13-29-24)33-14-12-26(17-27,25(33)34)18-7-8-18/h9-11,13,15-16,18,21-22,28H,3-8,12,14H2,1-2H3,(H,29,30,31)/t21-,22-,26+/m0/s1. The molecule has 2 saturated carbocycles. The molecule has 0 unspecified atom stereocenters. The van der Waals surface area contributed by atoms with Gasteiger partial charge in [-0.3, -0.25) is 4.79 Å². The molecule has 3 fully saturated rings. The fraction of sp³-hybridized carbons (Fsp3) is 0.538. The van der Waals surface area contributed by atoms with E-state index in [1.54, 1.807) is 11.1 Å². The maximum Gasteiger partial charge on any atom is 0.247 e. The Balaban J connectivity index is 1.27. The third kappa shape index (κ3) is 4.09. The van der Waals surface area contributed by atoms with E-state index in [1.165, 1.54) is 25.7 Å². The van der Waals surface area contributed by atoms with Crippen LogP contribution in [0.3, 0.4) is 0 Å². The van der Waals surface area contributed by atoms with Gasteiger partial charge in [-0.05, 0) is 63.3 Å². The summed E-state index contributed by atoms with van der Waals surface area (Å²) in [6, 6.07) is 11.0. The molecule has 0 radical (unpaired) electrons. The number of nitrogens with zero attached hydrogens (tertiary/aromatic N) is 5. The molecule has 0 aromatic carbocycles. The highest BCUT2D eigenvalue weighted by molar-refractivity contribution is 6.02. The van der Waals surface area contributed by atoms with Crippen LogP contribution >= 0.6 is 0 Å². The molecule has 2 N–H and O–H groups in total. The zero-order chi connectivity index (χ0) is 23.7. The second-order valence-electron chi connectivity index (χ2n) is 9.85. The quantitative estimate of drug-likeness (QED) is 0.649. The van der Waals surface area contributed by atoms with Crippen LogP contribution in [-0.4, -0.2) is 48.6 Å². The molecule has 178 valence electrons. The van der Waals surface area contributed by atoms with Crippen LogP contribution in [0.5, 0.6) is 0 Å². The van der Waals surface area contributed by atoms with Crippen LogP contribution in [0.15, 0.2) is 36.7 Å². The number of pyridine rings is 2. The maximum absolute atomic E-state index is 13.1. The lowest BCUT2D eigenvalue weighted by molar-refractivity contribution is -0.123. The fourth-order valence-corrected chi connectivity index (χ4v) is 5.69. The van der Waals surface area contributed by atoms with Gasteiger partial charge in [0.25, 0.3) is 0 Å². The van der Waals surface area contributed by atoms with Gasteiger partial charge in [0.1, 0.15) is 17.1 Å². The molecule has 3 heterocycles. The predicted octanol–water partition coefficient (Wildman–Crippen LogP) is 3.84. The summed E-state index contributed by atoms with van der Waals surface area (Å²) in [6.07, 6.45) is 11.1. The number of amides is 1. The number of hydrogen-bond acceptors (Lipinski definition) is 7. The molecule has 8 nitrogen and oxygen atoms in total. The number of hydrogen-bond donors (Lipinski definition) is 2. The van der Waals surface area contributed by atoms with Crippen LogP contribution in [0.2, 0.25) is 0 Å². The Bertz CT molecular complexity index is 1080. The van der Waals surface area contributed by atoms with Crippen molar-refractivity contribution in [3.8, 4) is 6.07 Å². The van der Waals surface area contributed by atoms with Crippen molar-refractivity contribution >= 4 is 28.9 Å². The smallest absolute Gasteiger partial charge is 0.247 e. The van der Waals surface area contributed by atoms with E-state index in [1.807, 2.05) is 31.4 Å². The second kappa shape index (κ2) is 9.22. The first-order valence-electron chi connectivity index (χ1n) is 12.4. The van der Waals surface area contributed by atoms with Gasteiger partial charge in [-0.1, -0.05) is 12.8 Å². The normalized spacial score (nSPS) is 26.9. The van der Waals surface area contributed by atoms with Crippen molar-refractivity contribution < 1.29 is 4.79 Å². The third-order valence-corrected chi connectivity index (χ3v) is 7.89.